The molecular weight excluding hydrogens is 237 g/mol. The van der Waals surface area contributed by atoms with E-state index in [1.807, 2.05) is 0 Å². The largest absolute Gasteiger partial charge is 0.411 e. The fourth-order valence-corrected chi connectivity index (χ4v) is 1.12. The van der Waals surface area contributed by atoms with Crippen LogP contribution < -0.4 is 11.1 Å². The monoisotopic (exact) mass is 250 g/mol. The molecule has 0 saturated carbocycles. The van der Waals surface area contributed by atoms with E-state index in [1.165, 1.54) is 0 Å². The van der Waals surface area contributed by atoms with Crippen molar-refractivity contribution in [3.05, 3.63) is 11.8 Å². The van der Waals surface area contributed by atoms with Crippen LogP contribution >= 0.6 is 0 Å². The highest BCUT2D eigenvalue weighted by Crippen LogP contribution is 2.14. The van der Waals surface area contributed by atoms with Crippen LogP contribution in [-0.2, 0) is 4.74 Å². The number of ether oxygens (including phenoxy) is 1. The van der Waals surface area contributed by atoms with Gasteiger partial charge < -0.3 is 15.8 Å². The van der Waals surface area contributed by atoms with Gasteiger partial charge in [0.15, 0.2) is 0 Å². The van der Waals surface area contributed by atoms with E-state index < -0.39 is 12.8 Å². The molecule has 1 heterocycles. The first-order valence-corrected chi connectivity index (χ1v) is 4.86. The predicted molar refractivity (Wildman–Crippen MR) is 56.5 cm³/mol. The Bertz CT molecular complexity index is 349. The van der Waals surface area contributed by atoms with Gasteiger partial charge in [0.2, 0.25) is 5.95 Å². The van der Waals surface area contributed by atoms with Gasteiger partial charge in [-0.3, -0.25) is 0 Å². The van der Waals surface area contributed by atoms with Crippen LogP contribution in [0.15, 0.2) is 6.07 Å². The van der Waals surface area contributed by atoms with Crippen molar-refractivity contribution in [2.45, 2.75) is 13.1 Å². The Morgan fingerprint density at radius 3 is 2.71 bits per heavy atom. The first-order chi connectivity index (χ1) is 7.87. The fourth-order valence-electron chi connectivity index (χ4n) is 1.12. The topological polar surface area (TPSA) is 73.1 Å². The average Bonchev–Trinajstić information content (AvgIpc) is 2.13. The van der Waals surface area contributed by atoms with Gasteiger partial charge in [-0.2, -0.15) is 18.2 Å². The van der Waals surface area contributed by atoms with Crippen LogP contribution in [0, 0.1) is 6.92 Å². The molecule has 1 rings (SSSR count). The Hall–Kier alpha value is -1.57. The minimum atomic E-state index is -4.30. The zero-order valence-corrected chi connectivity index (χ0v) is 9.21. The molecule has 0 bridgehead atoms. The third-order valence-corrected chi connectivity index (χ3v) is 1.69. The number of hydrogen-bond donors (Lipinski definition) is 2. The molecule has 0 atom stereocenters. The molecule has 1 aromatic rings. The summed E-state index contributed by atoms with van der Waals surface area (Å²) in [5.41, 5.74) is 6.08. The van der Waals surface area contributed by atoms with Crippen molar-refractivity contribution in [2.75, 3.05) is 30.8 Å². The lowest BCUT2D eigenvalue weighted by Gasteiger charge is -2.09. The maximum absolute atomic E-state index is 11.7. The lowest BCUT2D eigenvalue weighted by molar-refractivity contribution is -0.172. The zero-order valence-electron chi connectivity index (χ0n) is 9.21. The van der Waals surface area contributed by atoms with Gasteiger partial charge in [-0.25, -0.2) is 4.98 Å². The number of aromatic nitrogens is 2. The second kappa shape index (κ2) is 5.67. The van der Waals surface area contributed by atoms with Crippen molar-refractivity contribution in [2.24, 2.45) is 0 Å². The van der Waals surface area contributed by atoms with E-state index in [9.17, 15) is 13.2 Å². The third-order valence-electron chi connectivity index (χ3n) is 1.69. The van der Waals surface area contributed by atoms with Crippen LogP contribution in [0.2, 0.25) is 0 Å². The molecule has 0 radical (unpaired) electrons. The van der Waals surface area contributed by atoms with Gasteiger partial charge in [0, 0.05) is 18.3 Å². The minimum Gasteiger partial charge on any atom is -0.370 e. The van der Waals surface area contributed by atoms with Crippen LogP contribution in [0.5, 0.6) is 0 Å². The molecule has 0 spiro atoms. The number of nitrogens with one attached hydrogen (secondary N) is 1. The second-order valence-corrected chi connectivity index (χ2v) is 3.35. The third kappa shape index (κ3) is 5.91. The number of alkyl halides is 3. The lowest BCUT2D eigenvalue weighted by atomic mass is 10.4. The van der Waals surface area contributed by atoms with E-state index in [4.69, 9.17) is 5.73 Å². The number of hydrogen-bond acceptors (Lipinski definition) is 5. The molecule has 0 aliphatic carbocycles. The molecule has 96 valence electrons. The number of nitrogen functional groups attached to an aromatic ring is 1. The molecule has 0 aromatic carbocycles. The summed E-state index contributed by atoms with van der Waals surface area (Å²) in [5, 5.41) is 2.79. The zero-order chi connectivity index (χ0) is 12.9. The van der Waals surface area contributed by atoms with Crippen molar-refractivity contribution in [1.82, 2.24) is 9.97 Å². The summed E-state index contributed by atoms with van der Waals surface area (Å²) in [6, 6.07) is 1.64. The van der Waals surface area contributed by atoms with Crippen molar-refractivity contribution >= 4 is 11.8 Å². The van der Waals surface area contributed by atoms with Crippen LogP contribution in [0.3, 0.4) is 0 Å². The SMILES string of the molecule is Cc1cc(NCCOCC(F)(F)F)nc(N)n1. The van der Waals surface area contributed by atoms with E-state index in [0.29, 0.717) is 11.5 Å². The first kappa shape index (κ1) is 13.5. The van der Waals surface area contributed by atoms with Gasteiger partial charge in [0.05, 0.1) is 6.61 Å². The van der Waals surface area contributed by atoms with Crippen LogP contribution in [0.4, 0.5) is 24.9 Å². The second-order valence-electron chi connectivity index (χ2n) is 3.35. The van der Waals surface area contributed by atoms with Gasteiger partial charge in [0.25, 0.3) is 0 Å². The van der Waals surface area contributed by atoms with Crippen LogP contribution in [0.1, 0.15) is 5.69 Å². The quantitative estimate of drug-likeness (QED) is 0.772. The summed E-state index contributed by atoms with van der Waals surface area (Å²) in [6.45, 7) is 0.636. The number of nitrogens with two attached hydrogens (primary N) is 1. The Morgan fingerprint density at radius 2 is 2.12 bits per heavy atom. The minimum absolute atomic E-state index is 0.0670. The molecule has 0 saturated heterocycles. The molecule has 0 amide bonds. The Kier molecular flexibility index (Phi) is 4.50. The summed E-state index contributed by atoms with van der Waals surface area (Å²) in [4.78, 5) is 7.72. The Morgan fingerprint density at radius 1 is 1.41 bits per heavy atom. The van der Waals surface area contributed by atoms with Crippen molar-refractivity contribution < 1.29 is 17.9 Å². The summed E-state index contributed by atoms with van der Waals surface area (Å²) in [5.74, 6) is 0.578. The Balaban J connectivity index is 2.27. The maximum atomic E-state index is 11.7. The van der Waals surface area contributed by atoms with Gasteiger partial charge in [-0.1, -0.05) is 0 Å². The number of aryl methyl sites for hydroxylation is 1. The molecule has 1 aromatic heterocycles. The van der Waals surface area contributed by atoms with E-state index in [-0.39, 0.29) is 19.1 Å². The van der Waals surface area contributed by atoms with Gasteiger partial charge in [-0.05, 0) is 6.92 Å². The molecule has 0 aliphatic rings. The molecule has 3 N–H and O–H groups in total. The Labute approximate surface area is 96.2 Å². The summed E-state index contributed by atoms with van der Waals surface area (Å²) in [6.07, 6.45) is -4.30. The van der Waals surface area contributed by atoms with Crippen LogP contribution in [-0.4, -0.2) is 35.9 Å². The molecule has 5 nitrogen and oxygen atoms in total. The van der Waals surface area contributed by atoms with E-state index in [2.05, 4.69) is 20.0 Å². The van der Waals surface area contributed by atoms with E-state index in [0.717, 1.165) is 0 Å². The number of rotatable bonds is 5. The molecule has 0 unspecified atom stereocenters. The van der Waals surface area contributed by atoms with E-state index >= 15 is 0 Å². The predicted octanol–water partition coefficient (Wildman–Crippen LogP) is 1.36. The molecular formula is C9H13F3N4O. The highest BCUT2D eigenvalue weighted by atomic mass is 19.4. The first-order valence-electron chi connectivity index (χ1n) is 4.86. The standard InChI is InChI=1S/C9H13F3N4O/c1-6-4-7(16-8(13)15-6)14-2-3-17-5-9(10,11)12/h4H,2-3,5H2,1H3,(H3,13,14,15,16). The van der Waals surface area contributed by atoms with Crippen LogP contribution in [0.25, 0.3) is 0 Å². The summed E-state index contributed by atoms with van der Waals surface area (Å²) in [7, 11) is 0. The average molecular weight is 250 g/mol. The van der Waals surface area contributed by atoms with Gasteiger partial charge >= 0.3 is 6.18 Å². The maximum Gasteiger partial charge on any atom is 0.411 e. The highest BCUT2D eigenvalue weighted by Gasteiger charge is 2.27. The number of halogens is 3. The summed E-state index contributed by atoms with van der Waals surface area (Å²) >= 11 is 0. The van der Waals surface area contributed by atoms with Gasteiger partial charge in [-0.15, -0.1) is 0 Å². The fraction of sp³-hybridized carbons (Fsp3) is 0.556. The lowest BCUT2D eigenvalue weighted by Crippen LogP contribution is -2.20. The normalized spacial score (nSPS) is 11.5. The number of nitrogens with zero attached hydrogens (tertiary/aromatic N) is 2. The van der Waals surface area contributed by atoms with Crippen molar-refractivity contribution in [3.63, 3.8) is 0 Å². The molecule has 17 heavy (non-hydrogen) atoms. The summed E-state index contributed by atoms with van der Waals surface area (Å²) < 4.78 is 39.6. The molecule has 0 fully saturated rings. The number of anilines is 2. The molecule has 0 aliphatic heterocycles. The highest BCUT2D eigenvalue weighted by molar-refractivity contribution is 5.39. The van der Waals surface area contributed by atoms with Crippen molar-refractivity contribution in [1.29, 1.82) is 0 Å². The van der Waals surface area contributed by atoms with E-state index in [1.54, 1.807) is 13.0 Å². The van der Waals surface area contributed by atoms with Crippen molar-refractivity contribution in [3.8, 4) is 0 Å². The molecule has 8 heteroatoms. The van der Waals surface area contributed by atoms with Gasteiger partial charge in [0.1, 0.15) is 12.4 Å². The smallest absolute Gasteiger partial charge is 0.370 e.